The van der Waals surface area contributed by atoms with E-state index in [1.165, 1.54) is 0 Å². The van der Waals surface area contributed by atoms with Crippen LogP contribution >= 0.6 is 47.0 Å². The quantitative estimate of drug-likeness (QED) is 0.293. The number of halogens is 3. The molecule has 0 aliphatic heterocycles. The summed E-state index contributed by atoms with van der Waals surface area (Å²) in [7, 11) is 0. The normalized spacial score (nSPS) is 11.3. The summed E-state index contributed by atoms with van der Waals surface area (Å²) >= 11 is 23.5. The summed E-state index contributed by atoms with van der Waals surface area (Å²) in [6, 6.07) is 10.8. The van der Waals surface area contributed by atoms with Crippen LogP contribution < -0.4 is 4.74 Å². The van der Waals surface area contributed by atoms with E-state index in [1.807, 2.05) is 31.2 Å². The molecular weight excluding hydrogens is 427 g/mol. The number of rotatable bonds is 6. The van der Waals surface area contributed by atoms with Crippen LogP contribution in [0.5, 0.6) is 5.75 Å². The van der Waals surface area contributed by atoms with Gasteiger partial charge in [-0.05, 0) is 54.2 Å². The maximum absolute atomic E-state index is 6.19. The predicted octanol–water partition coefficient (Wildman–Crippen LogP) is 5.92. The molecule has 0 unspecified atom stereocenters. The number of benzene rings is 2. The summed E-state index contributed by atoms with van der Waals surface area (Å²) in [6.45, 7) is 2.21. The van der Waals surface area contributed by atoms with Crippen molar-refractivity contribution in [3.05, 3.63) is 73.2 Å². The number of aromatic nitrogens is 3. The molecular formula is C18H15Cl3N4OS. The monoisotopic (exact) mass is 440 g/mol. The van der Waals surface area contributed by atoms with Crippen LogP contribution in [0.3, 0.4) is 0 Å². The molecule has 3 rings (SSSR count). The van der Waals surface area contributed by atoms with Gasteiger partial charge in [0.15, 0.2) is 5.82 Å². The number of ether oxygens (including phenoxy) is 1. The van der Waals surface area contributed by atoms with E-state index in [0.717, 1.165) is 17.8 Å². The van der Waals surface area contributed by atoms with Crippen molar-refractivity contribution >= 4 is 53.2 Å². The third-order valence-corrected chi connectivity index (χ3v) is 5.22. The summed E-state index contributed by atoms with van der Waals surface area (Å²) in [5.74, 6) is 1.44. The van der Waals surface area contributed by atoms with E-state index < -0.39 is 0 Å². The van der Waals surface area contributed by atoms with E-state index in [1.54, 1.807) is 23.0 Å². The van der Waals surface area contributed by atoms with E-state index >= 15 is 0 Å². The fourth-order valence-electron chi connectivity index (χ4n) is 2.30. The largest absolute Gasteiger partial charge is 0.489 e. The van der Waals surface area contributed by atoms with Crippen LogP contribution in [0.15, 0.2) is 41.5 Å². The van der Waals surface area contributed by atoms with Gasteiger partial charge < -0.3 is 4.74 Å². The van der Waals surface area contributed by atoms with Crippen LogP contribution in [-0.4, -0.2) is 21.1 Å². The summed E-state index contributed by atoms with van der Waals surface area (Å²) in [5.41, 5.74) is 1.55. The molecule has 0 radical (unpaired) electrons. The fourth-order valence-corrected chi connectivity index (χ4v) is 3.16. The number of hydrogen-bond acceptors (Lipinski definition) is 4. The summed E-state index contributed by atoms with van der Waals surface area (Å²) in [4.78, 5) is 0. The SMILES string of the molecule is CCc1n[nH]c(=S)n1/N=C/c1ccc(OCc2c(Cl)ccc(Cl)c2Cl)cc1. The second kappa shape index (κ2) is 8.89. The maximum Gasteiger partial charge on any atom is 0.216 e. The molecule has 0 amide bonds. The Morgan fingerprint density at radius 2 is 1.85 bits per heavy atom. The number of hydrogen-bond donors (Lipinski definition) is 1. The van der Waals surface area contributed by atoms with Gasteiger partial charge in [-0.15, -0.1) is 0 Å². The third kappa shape index (κ3) is 4.71. The molecule has 1 N–H and O–H groups in total. The number of nitrogens with zero attached hydrogens (tertiary/aromatic N) is 3. The molecule has 9 heteroatoms. The van der Waals surface area contributed by atoms with Gasteiger partial charge in [0.2, 0.25) is 4.77 Å². The minimum Gasteiger partial charge on any atom is -0.489 e. The zero-order valence-electron chi connectivity index (χ0n) is 14.2. The van der Waals surface area contributed by atoms with E-state index in [0.29, 0.717) is 31.2 Å². The summed E-state index contributed by atoms with van der Waals surface area (Å²) in [6.07, 6.45) is 2.44. The Morgan fingerprint density at radius 3 is 2.56 bits per heavy atom. The molecule has 0 fully saturated rings. The van der Waals surface area contributed by atoms with Gasteiger partial charge in [0.1, 0.15) is 12.4 Å². The Morgan fingerprint density at radius 1 is 1.15 bits per heavy atom. The van der Waals surface area contributed by atoms with Gasteiger partial charge in [0, 0.05) is 17.0 Å². The Balaban J connectivity index is 1.69. The Hall–Kier alpha value is -1.86. The van der Waals surface area contributed by atoms with Gasteiger partial charge in [-0.2, -0.15) is 14.9 Å². The van der Waals surface area contributed by atoms with Crippen LogP contribution in [0.25, 0.3) is 0 Å². The maximum atomic E-state index is 6.19. The molecule has 1 aromatic heterocycles. The average molecular weight is 442 g/mol. The molecule has 1 heterocycles. The van der Waals surface area contributed by atoms with Crippen LogP contribution in [0, 0.1) is 4.77 Å². The number of aryl methyl sites for hydroxylation is 1. The van der Waals surface area contributed by atoms with E-state index in [9.17, 15) is 0 Å². The Labute approximate surface area is 176 Å². The number of nitrogens with one attached hydrogen (secondary N) is 1. The summed E-state index contributed by atoms with van der Waals surface area (Å²) in [5, 5.41) is 12.6. The van der Waals surface area contributed by atoms with Gasteiger partial charge in [-0.25, -0.2) is 0 Å². The lowest BCUT2D eigenvalue weighted by molar-refractivity contribution is 0.306. The minimum absolute atomic E-state index is 0.218. The second-order valence-corrected chi connectivity index (χ2v) is 7.11. The highest BCUT2D eigenvalue weighted by atomic mass is 35.5. The molecule has 3 aromatic rings. The molecule has 27 heavy (non-hydrogen) atoms. The zero-order chi connectivity index (χ0) is 19.4. The van der Waals surface area contributed by atoms with Crippen molar-refractivity contribution in [1.82, 2.24) is 14.9 Å². The summed E-state index contributed by atoms with van der Waals surface area (Å²) < 4.78 is 7.82. The molecule has 0 aliphatic carbocycles. The molecule has 0 saturated carbocycles. The zero-order valence-corrected chi connectivity index (χ0v) is 17.3. The molecule has 0 spiro atoms. The molecule has 140 valence electrons. The standard InChI is InChI=1S/C18H15Cl3N4OS/c1-2-16-23-24-18(27)25(16)22-9-11-3-5-12(6-4-11)26-10-13-14(19)7-8-15(20)17(13)21/h3-9H,2,10H2,1H3,(H,24,27)/b22-9+. The van der Waals surface area contributed by atoms with Crippen molar-refractivity contribution in [1.29, 1.82) is 0 Å². The first-order chi connectivity index (χ1) is 13.0. The van der Waals surface area contributed by atoms with E-state index in [2.05, 4.69) is 15.3 Å². The minimum atomic E-state index is 0.218. The molecule has 0 atom stereocenters. The first-order valence-corrected chi connectivity index (χ1v) is 9.59. The van der Waals surface area contributed by atoms with E-state index in [4.69, 9.17) is 51.8 Å². The number of aromatic amines is 1. The van der Waals surface area contributed by atoms with Crippen molar-refractivity contribution < 1.29 is 4.74 Å². The van der Waals surface area contributed by atoms with Crippen LogP contribution in [-0.2, 0) is 13.0 Å². The second-order valence-electron chi connectivity index (χ2n) is 5.53. The molecule has 0 aliphatic rings. The van der Waals surface area contributed by atoms with Crippen molar-refractivity contribution in [2.24, 2.45) is 5.10 Å². The van der Waals surface area contributed by atoms with Crippen molar-refractivity contribution in [2.75, 3.05) is 0 Å². The molecule has 0 bridgehead atoms. The topological polar surface area (TPSA) is 55.2 Å². The van der Waals surface area contributed by atoms with E-state index in [-0.39, 0.29) is 6.61 Å². The highest BCUT2D eigenvalue weighted by Gasteiger charge is 2.10. The van der Waals surface area contributed by atoms with Gasteiger partial charge in [0.25, 0.3) is 0 Å². The fraction of sp³-hybridized carbons (Fsp3) is 0.167. The predicted molar refractivity (Wildman–Crippen MR) is 112 cm³/mol. The van der Waals surface area contributed by atoms with Crippen LogP contribution in [0.4, 0.5) is 0 Å². The Bertz CT molecular complexity index is 1030. The number of H-pyrrole nitrogens is 1. The first-order valence-electron chi connectivity index (χ1n) is 8.05. The highest BCUT2D eigenvalue weighted by molar-refractivity contribution is 7.71. The van der Waals surface area contributed by atoms with Crippen LogP contribution in [0.1, 0.15) is 23.9 Å². The van der Waals surface area contributed by atoms with Gasteiger partial charge in [-0.3, -0.25) is 5.10 Å². The molecule has 5 nitrogen and oxygen atoms in total. The van der Waals surface area contributed by atoms with Gasteiger partial charge >= 0.3 is 0 Å². The Kier molecular flexibility index (Phi) is 6.55. The molecule has 2 aromatic carbocycles. The lowest BCUT2D eigenvalue weighted by atomic mass is 10.2. The first kappa shape index (κ1) is 19.9. The van der Waals surface area contributed by atoms with Crippen molar-refractivity contribution in [3.8, 4) is 5.75 Å². The van der Waals surface area contributed by atoms with Crippen molar-refractivity contribution in [3.63, 3.8) is 0 Å². The lowest BCUT2D eigenvalue weighted by Gasteiger charge is -2.10. The molecule has 0 saturated heterocycles. The highest BCUT2D eigenvalue weighted by Crippen LogP contribution is 2.32. The van der Waals surface area contributed by atoms with Crippen LogP contribution in [0.2, 0.25) is 15.1 Å². The smallest absolute Gasteiger partial charge is 0.216 e. The average Bonchev–Trinajstić information content (AvgIpc) is 3.04. The van der Waals surface area contributed by atoms with Gasteiger partial charge in [-0.1, -0.05) is 41.7 Å². The lowest BCUT2D eigenvalue weighted by Crippen LogP contribution is -1.99. The van der Waals surface area contributed by atoms with Gasteiger partial charge in [0.05, 0.1) is 16.3 Å². The van der Waals surface area contributed by atoms with Crippen molar-refractivity contribution in [2.45, 2.75) is 20.0 Å². The third-order valence-electron chi connectivity index (χ3n) is 3.76.